The number of hydrogen-bond acceptors (Lipinski definition) is 2. The maximum atomic E-state index is 9.97. The van der Waals surface area contributed by atoms with Crippen LogP contribution in [0.2, 0.25) is 0 Å². The van der Waals surface area contributed by atoms with Gasteiger partial charge in [0.1, 0.15) is 0 Å². The van der Waals surface area contributed by atoms with Gasteiger partial charge in [-0.25, -0.2) is 0 Å². The van der Waals surface area contributed by atoms with Gasteiger partial charge in [0, 0.05) is 24.9 Å². The summed E-state index contributed by atoms with van der Waals surface area (Å²) in [5.41, 5.74) is 0.594. The lowest BCUT2D eigenvalue weighted by atomic mass is 10.5. The molecule has 11 heavy (non-hydrogen) atoms. The van der Waals surface area contributed by atoms with Crippen LogP contribution < -0.4 is 0 Å². The topological polar surface area (TPSA) is 42.1 Å². The fraction of sp³-hybridized carbons (Fsp3) is 0.286. The van der Waals surface area contributed by atoms with E-state index in [1.165, 1.54) is 0 Å². The third-order valence-electron chi connectivity index (χ3n) is 0.797. The Morgan fingerprint density at radius 3 is 2.36 bits per heavy atom. The van der Waals surface area contributed by atoms with Gasteiger partial charge >= 0.3 is 0 Å². The molecule has 4 heteroatoms. The van der Waals surface area contributed by atoms with Crippen molar-refractivity contribution in [2.75, 3.05) is 14.2 Å². The van der Waals surface area contributed by atoms with E-state index in [9.17, 15) is 4.79 Å². The number of carbonyl (C=O) groups excluding carboxylic acids is 1. The number of rotatable bonds is 1. The molecule has 1 rings (SSSR count). The van der Waals surface area contributed by atoms with Gasteiger partial charge in [0.25, 0.3) is 0 Å². The van der Waals surface area contributed by atoms with Crippen molar-refractivity contribution < 1.29 is 9.53 Å². The molecule has 3 nitrogen and oxygen atoms in total. The normalized spacial score (nSPS) is 8.27. The monoisotopic (exact) mass is 219 g/mol. The van der Waals surface area contributed by atoms with Gasteiger partial charge in [-0.2, -0.15) is 0 Å². The van der Waals surface area contributed by atoms with E-state index >= 15 is 0 Å². The summed E-state index contributed by atoms with van der Waals surface area (Å²) in [7, 11) is 3.25. The molecule has 62 valence electrons. The molecule has 0 radical (unpaired) electrons. The van der Waals surface area contributed by atoms with Crippen molar-refractivity contribution in [3.05, 3.63) is 22.4 Å². The van der Waals surface area contributed by atoms with Crippen LogP contribution in [0.15, 0.2) is 16.7 Å². The maximum absolute atomic E-state index is 9.97. The molecule has 1 heterocycles. The number of ether oxygens (including phenoxy) is 1. The SMILES string of the molecule is COC.O=Cc1cc(Br)c[nH]1. The first kappa shape index (κ1) is 10.4. The Kier molecular flexibility index (Phi) is 5.78. The summed E-state index contributed by atoms with van der Waals surface area (Å²) < 4.78 is 5.15. The number of hydrogen-bond donors (Lipinski definition) is 1. The van der Waals surface area contributed by atoms with Crippen LogP contribution in [0.1, 0.15) is 10.5 Å². The van der Waals surface area contributed by atoms with E-state index in [0.29, 0.717) is 5.69 Å². The van der Waals surface area contributed by atoms with E-state index in [4.69, 9.17) is 0 Å². The van der Waals surface area contributed by atoms with Gasteiger partial charge in [0.15, 0.2) is 6.29 Å². The predicted octanol–water partition coefficient (Wildman–Crippen LogP) is 1.85. The van der Waals surface area contributed by atoms with E-state index in [0.717, 1.165) is 10.8 Å². The molecule has 0 saturated carbocycles. The first-order valence-corrected chi connectivity index (χ1v) is 3.73. The summed E-state index contributed by atoms with van der Waals surface area (Å²) >= 11 is 3.18. The van der Waals surface area contributed by atoms with Crippen LogP contribution >= 0.6 is 15.9 Å². The van der Waals surface area contributed by atoms with Crippen LogP contribution in [0, 0.1) is 0 Å². The molecule has 0 unspecified atom stereocenters. The van der Waals surface area contributed by atoms with E-state index in [1.54, 1.807) is 26.5 Å². The van der Waals surface area contributed by atoms with E-state index in [1.807, 2.05) is 0 Å². The quantitative estimate of drug-likeness (QED) is 0.734. The first-order valence-electron chi connectivity index (χ1n) is 2.93. The van der Waals surface area contributed by atoms with Crippen LogP contribution in [-0.4, -0.2) is 25.5 Å². The van der Waals surface area contributed by atoms with E-state index in [-0.39, 0.29) is 0 Å². The predicted molar refractivity (Wildman–Crippen MR) is 46.8 cm³/mol. The second kappa shape index (κ2) is 6.12. The van der Waals surface area contributed by atoms with Gasteiger partial charge in [0.2, 0.25) is 0 Å². The second-order valence-electron chi connectivity index (χ2n) is 1.80. The van der Waals surface area contributed by atoms with Crippen LogP contribution in [0.5, 0.6) is 0 Å². The summed E-state index contributed by atoms with van der Waals surface area (Å²) in [6.07, 6.45) is 2.48. The minimum atomic E-state index is 0.594. The Labute approximate surface area is 73.9 Å². The van der Waals surface area contributed by atoms with Gasteiger partial charge in [-0.3, -0.25) is 4.79 Å². The molecule has 1 N–H and O–H groups in total. The number of nitrogens with one attached hydrogen (secondary N) is 1. The Balaban J connectivity index is 0.000000292. The smallest absolute Gasteiger partial charge is 0.166 e. The molecular weight excluding hydrogens is 210 g/mol. The van der Waals surface area contributed by atoms with Crippen molar-refractivity contribution >= 4 is 22.2 Å². The second-order valence-corrected chi connectivity index (χ2v) is 2.72. The summed E-state index contributed by atoms with van der Waals surface area (Å²) in [4.78, 5) is 12.7. The van der Waals surface area contributed by atoms with E-state index < -0.39 is 0 Å². The third kappa shape index (κ3) is 4.75. The zero-order valence-electron chi connectivity index (χ0n) is 6.43. The molecule has 0 aliphatic heterocycles. The van der Waals surface area contributed by atoms with Crippen molar-refractivity contribution in [3.8, 4) is 0 Å². The number of H-pyrrole nitrogens is 1. The average molecular weight is 220 g/mol. The number of aromatic amines is 1. The lowest BCUT2D eigenvalue weighted by Crippen LogP contribution is -1.72. The number of carbonyl (C=O) groups is 1. The molecule has 1 aromatic heterocycles. The Morgan fingerprint density at radius 1 is 1.64 bits per heavy atom. The van der Waals surface area contributed by atoms with Crippen molar-refractivity contribution in [2.24, 2.45) is 0 Å². The zero-order valence-corrected chi connectivity index (χ0v) is 8.01. The fourth-order valence-electron chi connectivity index (χ4n) is 0.452. The minimum Gasteiger partial charge on any atom is -0.388 e. The van der Waals surface area contributed by atoms with Crippen molar-refractivity contribution in [3.63, 3.8) is 0 Å². The Morgan fingerprint density at radius 2 is 2.18 bits per heavy atom. The fourth-order valence-corrected chi connectivity index (χ4v) is 0.813. The van der Waals surface area contributed by atoms with Gasteiger partial charge in [0.05, 0.1) is 5.69 Å². The van der Waals surface area contributed by atoms with Crippen molar-refractivity contribution in [2.45, 2.75) is 0 Å². The molecule has 1 aromatic rings. The van der Waals surface area contributed by atoms with Gasteiger partial charge in [-0.1, -0.05) is 0 Å². The highest BCUT2D eigenvalue weighted by Gasteiger charge is 1.90. The average Bonchev–Trinajstić information content (AvgIpc) is 2.37. The van der Waals surface area contributed by atoms with Gasteiger partial charge in [-0.05, 0) is 22.0 Å². The largest absolute Gasteiger partial charge is 0.388 e. The summed E-state index contributed by atoms with van der Waals surface area (Å²) in [6, 6.07) is 1.72. The highest BCUT2D eigenvalue weighted by Crippen LogP contribution is 2.08. The van der Waals surface area contributed by atoms with Gasteiger partial charge in [-0.15, -0.1) is 0 Å². The molecule has 0 aromatic carbocycles. The molecule has 0 aliphatic rings. The third-order valence-corrected chi connectivity index (χ3v) is 1.25. The van der Waals surface area contributed by atoms with Crippen LogP contribution in [-0.2, 0) is 4.74 Å². The summed E-state index contributed by atoms with van der Waals surface area (Å²) in [5, 5.41) is 0. The minimum absolute atomic E-state index is 0.594. The maximum Gasteiger partial charge on any atom is 0.166 e. The Bertz CT molecular complexity index is 210. The number of aromatic nitrogens is 1. The van der Waals surface area contributed by atoms with Gasteiger partial charge < -0.3 is 9.72 Å². The molecule has 0 spiro atoms. The summed E-state index contributed by atoms with van der Waals surface area (Å²) in [6.45, 7) is 0. The number of methoxy groups -OCH3 is 1. The highest BCUT2D eigenvalue weighted by molar-refractivity contribution is 9.10. The molecular formula is C7H10BrNO2. The molecule has 0 amide bonds. The zero-order chi connectivity index (χ0) is 8.69. The van der Waals surface area contributed by atoms with Crippen LogP contribution in [0.25, 0.3) is 0 Å². The van der Waals surface area contributed by atoms with Crippen molar-refractivity contribution in [1.29, 1.82) is 0 Å². The van der Waals surface area contributed by atoms with Crippen molar-refractivity contribution in [1.82, 2.24) is 4.98 Å². The standard InChI is InChI=1S/C5H4BrNO.C2H6O/c6-4-1-5(3-8)7-2-4;1-3-2/h1-3,7H;1-2H3. The van der Waals surface area contributed by atoms with Crippen LogP contribution in [0.3, 0.4) is 0 Å². The molecule has 0 atom stereocenters. The lowest BCUT2D eigenvalue weighted by Gasteiger charge is -1.70. The number of halogens is 1. The Hall–Kier alpha value is -0.610. The number of aldehydes is 1. The molecule has 0 aliphatic carbocycles. The van der Waals surface area contributed by atoms with E-state index in [2.05, 4.69) is 25.7 Å². The lowest BCUT2D eigenvalue weighted by molar-refractivity contribution is 0.111. The van der Waals surface area contributed by atoms with Crippen LogP contribution in [0.4, 0.5) is 0 Å². The highest BCUT2D eigenvalue weighted by atomic mass is 79.9. The molecule has 0 saturated heterocycles. The first-order chi connectivity index (χ1) is 5.24. The summed E-state index contributed by atoms with van der Waals surface area (Å²) in [5.74, 6) is 0. The molecule has 0 bridgehead atoms. The molecule has 0 fully saturated rings.